The Hall–Kier alpha value is -1.60. The molecule has 0 aromatic heterocycles. The normalized spacial score (nSPS) is 55.0. The van der Waals surface area contributed by atoms with Gasteiger partial charge in [-0.05, 0) is 81.6 Å². The van der Waals surface area contributed by atoms with E-state index >= 15 is 0 Å². The van der Waals surface area contributed by atoms with Gasteiger partial charge in [0.1, 0.15) is 55.6 Å². The standard InChI is InChI=1S/C35H52O15/c1-16-29(50-31-27(42)25(40)24(39)22(13-36)49-31)26(41)28(43)30(47-16)48-18-3-8-33(15-37)20-4-7-32(2)19(17-11-23(38)46-14-17)6-10-35(32,45)21(20)5-9-34(33,44)12-18/h11,15-16,18-22,24-31,36,39-45H,3-10,12-14H2,1-2H3/t16-,18-,19-,20+,21-,22-,24-,25+,26+,27-,28-,29+,30+,31-,32+,33-,34+,35-/m0/s1. The summed E-state index contributed by atoms with van der Waals surface area (Å²) in [6.07, 6.45) is -8.63. The average Bonchev–Trinajstić information content (AvgIpc) is 3.64. The van der Waals surface area contributed by atoms with E-state index in [2.05, 4.69) is 6.92 Å². The van der Waals surface area contributed by atoms with Crippen molar-refractivity contribution in [1.82, 2.24) is 0 Å². The Balaban J connectivity index is 1.02. The summed E-state index contributed by atoms with van der Waals surface area (Å²) in [5, 5.41) is 87.0. The van der Waals surface area contributed by atoms with Crippen molar-refractivity contribution in [2.24, 2.45) is 28.6 Å². The molecular weight excluding hydrogens is 660 g/mol. The molecule has 4 saturated carbocycles. The lowest BCUT2D eigenvalue weighted by atomic mass is 9.41. The first-order chi connectivity index (χ1) is 23.6. The van der Waals surface area contributed by atoms with Gasteiger partial charge in [-0.2, -0.15) is 0 Å². The highest BCUT2D eigenvalue weighted by Gasteiger charge is 2.71. The predicted molar refractivity (Wildman–Crippen MR) is 167 cm³/mol. The SMILES string of the molecule is C[C@@H]1O[C@H](O[C@H]2CC[C@]3(C=O)[C@@H]4CC[C@]5(C)[C@H](C6=CC(=O)OC6)CC[C@]5(O)[C@H]4CC[C@@]3(O)C2)[C@@H](O)[C@@H](O)[C@@H]1O[C@@H]1O[C@@H](CO)[C@H](O)[C@@H](O)[C@@H]1O. The molecule has 2 saturated heterocycles. The van der Waals surface area contributed by atoms with Crippen LogP contribution in [0.1, 0.15) is 71.6 Å². The van der Waals surface area contributed by atoms with E-state index in [1.807, 2.05) is 0 Å². The number of aldehydes is 1. The molecule has 282 valence electrons. The largest absolute Gasteiger partial charge is 0.458 e. The minimum absolute atomic E-state index is 0.00102. The third-order valence-corrected chi connectivity index (χ3v) is 14.1. The number of rotatable bonds is 7. The maximum absolute atomic E-state index is 13.2. The van der Waals surface area contributed by atoms with Crippen LogP contribution >= 0.6 is 0 Å². The fourth-order valence-corrected chi connectivity index (χ4v) is 11.3. The van der Waals surface area contributed by atoms with Gasteiger partial charge in [-0.1, -0.05) is 6.92 Å². The Kier molecular flexibility index (Phi) is 9.60. The first-order valence-electron chi connectivity index (χ1n) is 18.0. The third kappa shape index (κ3) is 5.37. The first kappa shape index (κ1) is 36.7. The van der Waals surface area contributed by atoms with Gasteiger partial charge in [-0.3, -0.25) is 0 Å². The topological polar surface area (TPSA) is 242 Å². The van der Waals surface area contributed by atoms with Gasteiger partial charge in [-0.15, -0.1) is 0 Å². The number of fused-ring (bicyclic) bond motifs is 5. The lowest BCUT2D eigenvalue weighted by Crippen LogP contribution is -2.69. The highest BCUT2D eigenvalue weighted by Crippen LogP contribution is 2.70. The highest BCUT2D eigenvalue weighted by atomic mass is 16.7. The summed E-state index contributed by atoms with van der Waals surface area (Å²) < 4.78 is 28.4. The first-order valence-corrected chi connectivity index (χ1v) is 18.0. The van der Waals surface area contributed by atoms with Crippen LogP contribution in [-0.2, 0) is 33.3 Å². The highest BCUT2D eigenvalue weighted by molar-refractivity contribution is 5.85. The molecule has 15 nitrogen and oxygen atoms in total. The van der Waals surface area contributed by atoms with Crippen LogP contribution in [0.25, 0.3) is 0 Å². The zero-order valence-corrected chi connectivity index (χ0v) is 28.5. The fourth-order valence-electron chi connectivity index (χ4n) is 11.3. The number of carbonyl (C=O) groups is 2. The Labute approximate surface area is 290 Å². The van der Waals surface area contributed by atoms with Crippen LogP contribution in [0, 0.1) is 28.6 Å². The van der Waals surface area contributed by atoms with E-state index < -0.39 is 96.2 Å². The molecule has 0 aromatic rings. The van der Waals surface area contributed by atoms with Gasteiger partial charge in [-0.25, -0.2) is 4.79 Å². The summed E-state index contributed by atoms with van der Waals surface area (Å²) in [7, 11) is 0. The Morgan fingerprint density at radius 2 is 1.56 bits per heavy atom. The van der Waals surface area contributed by atoms with E-state index in [0.29, 0.717) is 38.5 Å². The lowest BCUT2D eigenvalue weighted by molar-refractivity contribution is -0.361. The molecule has 0 spiro atoms. The quantitative estimate of drug-likeness (QED) is 0.0858. The molecule has 0 amide bonds. The zero-order valence-electron chi connectivity index (χ0n) is 28.5. The maximum Gasteiger partial charge on any atom is 0.331 e. The molecule has 15 heteroatoms. The van der Waals surface area contributed by atoms with Crippen molar-refractivity contribution in [2.45, 2.75) is 150 Å². The summed E-state index contributed by atoms with van der Waals surface area (Å²) in [4.78, 5) is 25.1. The van der Waals surface area contributed by atoms with E-state index in [1.165, 1.54) is 0 Å². The second-order valence-electron chi connectivity index (χ2n) is 16.2. The number of aliphatic hydroxyl groups is 8. The fraction of sp³-hybridized carbons (Fsp3) is 0.886. The van der Waals surface area contributed by atoms with Crippen molar-refractivity contribution >= 4 is 12.3 Å². The van der Waals surface area contributed by atoms with E-state index in [-0.39, 0.29) is 43.2 Å². The minimum atomic E-state index is -1.71. The van der Waals surface area contributed by atoms with Crippen molar-refractivity contribution in [3.05, 3.63) is 11.6 Å². The van der Waals surface area contributed by atoms with Crippen molar-refractivity contribution in [3.8, 4) is 0 Å². The predicted octanol–water partition coefficient (Wildman–Crippen LogP) is -1.43. The monoisotopic (exact) mass is 712 g/mol. The molecule has 18 atom stereocenters. The molecule has 50 heavy (non-hydrogen) atoms. The van der Waals surface area contributed by atoms with Crippen molar-refractivity contribution in [1.29, 1.82) is 0 Å². The minimum Gasteiger partial charge on any atom is -0.458 e. The van der Waals surface area contributed by atoms with Gasteiger partial charge in [0.05, 0.1) is 35.4 Å². The third-order valence-electron chi connectivity index (χ3n) is 14.1. The summed E-state index contributed by atoms with van der Waals surface area (Å²) in [6.45, 7) is 3.22. The van der Waals surface area contributed by atoms with Crippen LogP contribution in [0.2, 0.25) is 0 Å². The molecule has 0 radical (unpaired) electrons. The number of ether oxygens (including phenoxy) is 5. The molecule has 3 heterocycles. The molecule has 7 aliphatic rings. The van der Waals surface area contributed by atoms with Gasteiger partial charge in [0.15, 0.2) is 12.6 Å². The van der Waals surface area contributed by atoms with Gasteiger partial charge in [0.25, 0.3) is 0 Å². The Morgan fingerprint density at radius 1 is 0.860 bits per heavy atom. The molecule has 7 rings (SSSR count). The Morgan fingerprint density at radius 3 is 2.24 bits per heavy atom. The van der Waals surface area contributed by atoms with Crippen molar-refractivity contribution < 1.29 is 74.1 Å². The van der Waals surface area contributed by atoms with Gasteiger partial charge >= 0.3 is 5.97 Å². The van der Waals surface area contributed by atoms with E-state index in [1.54, 1.807) is 13.0 Å². The molecular formula is C35H52O15. The molecule has 8 N–H and O–H groups in total. The summed E-state index contributed by atoms with van der Waals surface area (Å²) in [5.74, 6) is -0.830. The maximum atomic E-state index is 13.2. The molecule has 4 aliphatic carbocycles. The molecule has 0 aromatic carbocycles. The van der Waals surface area contributed by atoms with E-state index in [9.17, 15) is 50.4 Å². The van der Waals surface area contributed by atoms with Crippen LogP contribution in [0.3, 0.4) is 0 Å². The van der Waals surface area contributed by atoms with Crippen LogP contribution in [-0.4, -0.2) is 145 Å². The summed E-state index contributed by atoms with van der Waals surface area (Å²) >= 11 is 0. The smallest absolute Gasteiger partial charge is 0.331 e. The molecule has 6 fully saturated rings. The van der Waals surface area contributed by atoms with Crippen LogP contribution in [0.5, 0.6) is 0 Å². The van der Waals surface area contributed by atoms with Gasteiger partial charge in [0.2, 0.25) is 0 Å². The Bertz CT molecular complexity index is 1340. The number of esters is 1. The number of hydrogen-bond donors (Lipinski definition) is 8. The number of hydrogen-bond acceptors (Lipinski definition) is 15. The average molecular weight is 713 g/mol. The second-order valence-corrected chi connectivity index (χ2v) is 16.2. The van der Waals surface area contributed by atoms with Crippen LogP contribution in [0.4, 0.5) is 0 Å². The molecule has 0 bridgehead atoms. The zero-order chi connectivity index (χ0) is 36.0. The number of cyclic esters (lactones) is 1. The number of aliphatic hydroxyl groups excluding tert-OH is 6. The van der Waals surface area contributed by atoms with Crippen LogP contribution < -0.4 is 0 Å². The second kappa shape index (κ2) is 13.1. The lowest BCUT2D eigenvalue weighted by Gasteiger charge is -2.65. The van der Waals surface area contributed by atoms with E-state index in [4.69, 9.17) is 23.7 Å². The summed E-state index contributed by atoms with van der Waals surface area (Å²) in [6, 6.07) is 0. The van der Waals surface area contributed by atoms with Gasteiger partial charge < -0.3 is 69.3 Å². The van der Waals surface area contributed by atoms with Crippen molar-refractivity contribution in [3.63, 3.8) is 0 Å². The number of carbonyl (C=O) groups excluding carboxylic acids is 2. The molecule has 3 aliphatic heterocycles. The summed E-state index contributed by atoms with van der Waals surface area (Å²) in [5.41, 5.74) is -3.20. The van der Waals surface area contributed by atoms with E-state index in [0.717, 1.165) is 18.3 Å². The van der Waals surface area contributed by atoms with Gasteiger partial charge in [0, 0.05) is 17.9 Å². The van der Waals surface area contributed by atoms with Crippen LogP contribution in [0.15, 0.2) is 11.6 Å². The molecule has 0 unspecified atom stereocenters. The van der Waals surface area contributed by atoms with Crippen molar-refractivity contribution in [2.75, 3.05) is 13.2 Å².